The van der Waals surface area contributed by atoms with Gasteiger partial charge >= 0.3 is 0 Å². The van der Waals surface area contributed by atoms with Crippen LogP contribution in [0.1, 0.15) is 5.56 Å². The number of hydrogen-bond acceptors (Lipinski definition) is 3. The zero-order chi connectivity index (χ0) is 19.1. The van der Waals surface area contributed by atoms with Crippen molar-refractivity contribution in [3.05, 3.63) is 78.1 Å². The quantitative estimate of drug-likeness (QED) is 0.467. The summed E-state index contributed by atoms with van der Waals surface area (Å²) in [6.45, 7) is 0.265. The van der Waals surface area contributed by atoms with E-state index in [1.807, 2.05) is 42.5 Å². The highest BCUT2D eigenvalue weighted by Crippen LogP contribution is 2.20. The van der Waals surface area contributed by atoms with E-state index in [-0.39, 0.29) is 23.4 Å². The third-order valence-corrected chi connectivity index (χ3v) is 4.02. The van der Waals surface area contributed by atoms with Gasteiger partial charge < -0.3 is 10.1 Å². The van der Waals surface area contributed by atoms with E-state index >= 15 is 0 Å². The smallest absolute Gasteiger partial charge is 0.276 e. The number of fused-ring (bicyclic) bond motifs is 1. The Hall–Kier alpha value is -3.19. The largest absolute Gasteiger partial charge is 0.484 e. The number of carbonyl (C=O) groups is 1. The first-order valence-corrected chi connectivity index (χ1v) is 8.70. The molecule has 0 saturated heterocycles. The highest BCUT2D eigenvalue weighted by molar-refractivity contribution is 7.80. The van der Waals surface area contributed by atoms with Crippen LogP contribution in [-0.2, 0) is 11.3 Å². The van der Waals surface area contributed by atoms with Gasteiger partial charge in [-0.1, -0.05) is 42.5 Å². The molecule has 3 aromatic carbocycles. The number of rotatable bonds is 5. The van der Waals surface area contributed by atoms with Gasteiger partial charge in [0.1, 0.15) is 11.6 Å². The van der Waals surface area contributed by atoms with Gasteiger partial charge in [0.15, 0.2) is 11.7 Å². The molecule has 0 spiro atoms. The second kappa shape index (κ2) is 8.95. The number of ether oxygens (including phenoxy) is 1. The van der Waals surface area contributed by atoms with Crippen molar-refractivity contribution in [3.8, 4) is 5.75 Å². The third kappa shape index (κ3) is 5.65. The molecule has 0 unspecified atom stereocenters. The topological polar surface area (TPSA) is 62.4 Å². The Bertz CT molecular complexity index is 947. The summed E-state index contributed by atoms with van der Waals surface area (Å²) in [5.41, 5.74) is 5.92. The maximum absolute atomic E-state index is 12.8. The molecule has 1 amide bonds. The Morgan fingerprint density at radius 3 is 2.48 bits per heavy atom. The van der Waals surface area contributed by atoms with Gasteiger partial charge in [0.25, 0.3) is 5.91 Å². The zero-order valence-electron chi connectivity index (χ0n) is 14.4. The van der Waals surface area contributed by atoms with Crippen molar-refractivity contribution in [1.82, 2.24) is 16.2 Å². The van der Waals surface area contributed by atoms with Crippen molar-refractivity contribution in [2.75, 3.05) is 6.61 Å². The van der Waals surface area contributed by atoms with E-state index in [1.54, 1.807) is 12.1 Å². The maximum atomic E-state index is 12.8. The van der Waals surface area contributed by atoms with Gasteiger partial charge in [-0.25, -0.2) is 4.39 Å². The van der Waals surface area contributed by atoms with Gasteiger partial charge in [0, 0.05) is 6.54 Å². The van der Waals surface area contributed by atoms with E-state index in [0.29, 0.717) is 12.3 Å². The molecule has 0 aliphatic carbocycles. The standard InChI is InChI=1S/C20H18FN3O2S/c21-17-8-5-14(6-9-17)12-22-20(27)24-23-19(25)13-26-18-10-7-15-3-1-2-4-16(15)11-18/h1-11H,12-13H2,(H,23,25)(H2,22,24,27). The number of thiocarbonyl (C=S) groups is 1. The summed E-state index contributed by atoms with van der Waals surface area (Å²) >= 11 is 5.08. The highest BCUT2D eigenvalue weighted by atomic mass is 32.1. The molecule has 3 rings (SSSR count). The molecular weight excluding hydrogens is 365 g/mol. The van der Waals surface area contributed by atoms with Crippen molar-refractivity contribution in [2.24, 2.45) is 0 Å². The van der Waals surface area contributed by atoms with Crippen molar-refractivity contribution in [1.29, 1.82) is 0 Å². The van der Waals surface area contributed by atoms with E-state index in [1.165, 1.54) is 12.1 Å². The molecule has 0 aromatic heterocycles. The molecular formula is C20H18FN3O2S. The van der Waals surface area contributed by atoms with Crippen LogP contribution in [-0.4, -0.2) is 17.6 Å². The minimum absolute atomic E-state index is 0.147. The zero-order valence-corrected chi connectivity index (χ0v) is 15.2. The molecule has 3 N–H and O–H groups in total. The molecule has 0 saturated carbocycles. The lowest BCUT2D eigenvalue weighted by molar-refractivity contribution is -0.123. The summed E-state index contributed by atoms with van der Waals surface area (Å²) in [6.07, 6.45) is 0. The molecule has 3 aromatic rings. The summed E-state index contributed by atoms with van der Waals surface area (Å²) in [4.78, 5) is 11.9. The summed E-state index contributed by atoms with van der Waals surface area (Å²) in [5.74, 6) is -0.0481. The first-order chi connectivity index (χ1) is 13.1. The van der Waals surface area contributed by atoms with Crippen molar-refractivity contribution < 1.29 is 13.9 Å². The minimum atomic E-state index is -0.367. The second-order valence-corrected chi connectivity index (χ2v) is 6.19. The molecule has 0 bridgehead atoms. The molecule has 0 fully saturated rings. The summed E-state index contributed by atoms with van der Waals surface area (Å²) in [7, 11) is 0. The Balaban J connectivity index is 1.39. The Morgan fingerprint density at radius 1 is 0.963 bits per heavy atom. The lowest BCUT2D eigenvalue weighted by Gasteiger charge is -2.12. The van der Waals surface area contributed by atoms with Crippen LogP contribution in [0.5, 0.6) is 5.75 Å². The van der Waals surface area contributed by atoms with Gasteiger partial charge in [-0.05, 0) is 52.8 Å². The molecule has 0 aliphatic rings. The van der Waals surface area contributed by atoms with Gasteiger partial charge in [-0.3, -0.25) is 15.6 Å². The monoisotopic (exact) mass is 383 g/mol. The lowest BCUT2D eigenvalue weighted by Crippen LogP contribution is -2.48. The fourth-order valence-electron chi connectivity index (χ4n) is 2.40. The van der Waals surface area contributed by atoms with Crippen LogP contribution >= 0.6 is 12.2 Å². The first kappa shape index (κ1) is 18.6. The first-order valence-electron chi connectivity index (χ1n) is 8.29. The van der Waals surface area contributed by atoms with Gasteiger partial charge in [0.2, 0.25) is 0 Å². The SMILES string of the molecule is O=C(COc1ccc2ccccc2c1)NNC(=S)NCc1ccc(F)cc1. The predicted molar refractivity (Wildman–Crippen MR) is 107 cm³/mol. The van der Waals surface area contributed by atoms with Crippen molar-refractivity contribution >= 4 is 34.0 Å². The fraction of sp³-hybridized carbons (Fsp3) is 0.100. The Labute approximate surface area is 161 Å². The number of hydrogen-bond donors (Lipinski definition) is 3. The van der Waals surface area contributed by atoms with Gasteiger partial charge in [0.05, 0.1) is 0 Å². The number of nitrogens with one attached hydrogen (secondary N) is 3. The molecule has 7 heteroatoms. The van der Waals surface area contributed by atoms with Gasteiger partial charge in [-0.2, -0.15) is 0 Å². The number of benzene rings is 3. The van der Waals surface area contributed by atoms with E-state index in [0.717, 1.165) is 16.3 Å². The van der Waals surface area contributed by atoms with E-state index in [9.17, 15) is 9.18 Å². The van der Waals surface area contributed by atoms with E-state index in [4.69, 9.17) is 17.0 Å². The number of hydrazine groups is 1. The van der Waals surface area contributed by atoms with Crippen LogP contribution in [0.25, 0.3) is 10.8 Å². The van der Waals surface area contributed by atoms with Crippen LogP contribution in [0, 0.1) is 5.82 Å². The van der Waals surface area contributed by atoms with E-state index < -0.39 is 0 Å². The summed E-state index contributed by atoms with van der Waals surface area (Å²) < 4.78 is 18.3. The van der Waals surface area contributed by atoms with Gasteiger partial charge in [-0.15, -0.1) is 0 Å². The van der Waals surface area contributed by atoms with Crippen LogP contribution in [0.4, 0.5) is 4.39 Å². The fourth-order valence-corrected chi connectivity index (χ4v) is 2.52. The molecule has 0 heterocycles. The molecule has 0 aliphatic heterocycles. The highest BCUT2D eigenvalue weighted by Gasteiger charge is 2.04. The summed E-state index contributed by atoms with van der Waals surface area (Å²) in [5, 5.41) is 5.31. The summed E-state index contributed by atoms with van der Waals surface area (Å²) in [6, 6.07) is 19.6. The van der Waals surface area contributed by atoms with Crippen LogP contribution in [0.3, 0.4) is 0 Å². The Kier molecular flexibility index (Phi) is 6.17. The molecule has 27 heavy (non-hydrogen) atoms. The number of halogens is 1. The number of carbonyl (C=O) groups excluding carboxylic acids is 1. The average Bonchev–Trinajstić information content (AvgIpc) is 2.70. The van der Waals surface area contributed by atoms with Crippen molar-refractivity contribution in [3.63, 3.8) is 0 Å². The maximum Gasteiger partial charge on any atom is 0.276 e. The predicted octanol–water partition coefficient (Wildman–Crippen LogP) is 3.05. The Morgan fingerprint density at radius 2 is 1.70 bits per heavy atom. The van der Waals surface area contributed by atoms with Crippen LogP contribution < -0.4 is 20.9 Å². The van der Waals surface area contributed by atoms with Crippen LogP contribution in [0.15, 0.2) is 66.7 Å². The normalized spacial score (nSPS) is 10.3. The third-order valence-electron chi connectivity index (χ3n) is 3.77. The van der Waals surface area contributed by atoms with E-state index in [2.05, 4.69) is 16.2 Å². The molecule has 138 valence electrons. The lowest BCUT2D eigenvalue weighted by atomic mass is 10.1. The average molecular weight is 383 g/mol. The second-order valence-electron chi connectivity index (χ2n) is 5.78. The molecule has 0 atom stereocenters. The molecule has 0 radical (unpaired) electrons. The minimum Gasteiger partial charge on any atom is -0.484 e. The van der Waals surface area contributed by atoms with Crippen molar-refractivity contribution in [2.45, 2.75) is 6.54 Å². The van der Waals surface area contributed by atoms with Crippen LogP contribution in [0.2, 0.25) is 0 Å². The molecule has 5 nitrogen and oxygen atoms in total. The number of amides is 1.